The van der Waals surface area contributed by atoms with E-state index in [9.17, 15) is 9.59 Å². The number of hydrogen-bond donors (Lipinski definition) is 1. The SMILES string of the molecule is CC1CCC(Cn2c(N3[C@@H](C)CN(C(=O)OC(C)C)C[C@@H]3C)nc3cc(-c4noc(=O)[nH]4)nc(-c4cncc(Cl)c4)c32)CC1. The predicted octanol–water partition coefficient (Wildman–Crippen LogP) is 5.76. The molecule has 234 valence electrons. The summed E-state index contributed by atoms with van der Waals surface area (Å²) in [5.74, 6) is 1.57. The summed E-state index contributed by atoms with van der Waals surface area (Å²) in [6, 6.07) is 3.60. The Morgan fingerprint density at radius 3 is 2.45 bits per heavy atom. The van der Waals surface area contributed by atoms with Crippen LogP contribution in [0.1, 0.15) is 60.3 Å². The Morgan fingerprint density at radius 1 is 1.09 bits per heavy atom. The Hall–Kier alpha value is -3.93. The van der Waals surface area contributed by atoms with Crippen molar-refractivity contribution in [2.45, 2.75) is 85.0 Å². The smallest absolute Gasteiger partial charge is 0.439 e. The lowest BCUT2D eigenvalue weighted by atomic mass is 9.83. The molecule has 4 aromatic heterocycles. The van der Waals surface area contributed by atoms with Gasteiger partial charge in [0.25, 0.3) is 0 Å². The zero-order chi connectivity index (χ0) is 31.1. The van der Waals surface area contributed by atoms with Gasteiger partial charge in [0.1, 0.15) is 5.69 Å². The number of aromatic nitrogens is 6. The number of amides is 1. The molecule has 44 heavy (non-hydrogen) atoms. The average Bonchev–Trinajstić information content (AvgIpc) is 3.56. The highest BCUT2D eigenvalue weighted by atomic mass is 35.5. The monoisotopic (exact) mass is 622 g/mol. The normalized spacial score (nSPS) is 22.6. The molecule has 13 heteroatoms. The lowest BCUT2D eigenvalue weighted by Gasteiger charge is -2.44. The Kier molecular flexibility index (Phi) is 8.36. The molecule has 4 aromatic rings. The van der Waals surface area contributed by atoms with E-state index in [0.29, 0.717) is 40.9 Å². The molecule has 1 aliphatic heterocycles. The largest absolute Gasteiger partial charge is 0.447 e. The van der Waals surface area contributed by atoms with Crippen molar-refractivity contribution >= 4 is 34.7 Å². The van der Waals surface area contributed by atoms with Crippen LogP contribution in [0.4, 0.5) is 10.7 Å². The number of hydrogen-bond acceptors (Lipinski definition) is 9. The fourth-order valence-corrected chi connectivity index (χ4v) is 6.80. The van der Waals surface area contributed by atoms with Crippen LogP contribution in [0.2, 0.25) is 5.02 Å². The van der Waals surface area contributed by atoms with Crippen LogP contribution < -0.4 is 10.7 Å². The standard InChI is InChI=1S/C31H39ClN8O4/c1-17(2)43-31(42)38-14-19(4)40(20(5)15-38)29-35-24-11-25(28-36-30(41)44-37-28)34-26(22-10-23(32)13-33-12-22)27(24)39(29)16-21-8-6-18(3)7-9-21/h10-13,17-21H,6-9,14-16H2,1-5H3,(H,36,37,41)/t18?,19-,20-,21?/m0/s1. The third-order valence-electron chi connectivity index (χ3n) is 8.69. The van der Waals surface area contributed by atoms with Gasteiger partial charge in [0.05, 0.1) is 27.9 Å². The summed E-state index contributed by atoms with van der Waals surface area (Å²) >= 11 is 6.41. The number of nitrogens with zero attached hydrogens (tertiary/aromatic N) is 7. The number of rotatable bonds is 6. The number of carbonyl (C=O) groups is 1. The third-order valence-corrected chi connectivity index (χ3v) is 8.89. The minimum absolute atomic E-state index is 0.0315. The molecule has 1 aliphatic carbocycles. The summed E-state index contributed by atoms with van der Waals surface area (Å²) < 4.78 is 12.6. The second-order valence-electron chi connectivity index (χ2n) is 12.7. The van der Waals surface area contributed by atoms with Crippen LogP contribution in [-0.2, 0) is 11.3 Å². The number of ether oxygens (including phenoxy) is 1. The fourth-order valence-electron chi connectivity index (χ4n) is 6.63. The fraction of sp³-hybridized carbons (Fsp3) is 0.548. The molecule has 0 radical (unpaired) electrons. The number of nitrogens with one attached hydrogen (secondary N) is 1. The van der Waals surface area contributed by atoms with E-state index in [1.54, 1.807) is 17.3 Å². The van der Waals surface area contributed by atoms with Crippen LogP contribution in [0.5, 0.6) is 0 Å². The lowest BCUT2D eigenvalue weighted by molar-refractivity contribution is 0.0668. The van der Waals surface area contributed by atoms with E-state index in [1.807, 2.05) is 26.0 Å². The maximum absolute atomic E-state index is 12.8. The van der Waals surface area contributed by atoms with Gasteiger partial charge in [-0.15, -0.1) is 0 Å². The van der Waals surface area contributed by atoms with E-state index in [1.165, 1.54) is 12.8 Å². The molecular formula is C31H39ClN8O4. The van der Waals surface area contributed by atoms with E-state index in [-0.39, 0.29) is 30.1 Å². The number of imidazole rings is 1. The number of carbonyl (C=O) groups excluding carboxylic acids is 1. The van der Waals surface area contributed by atoms with Gasteiger partial charge in [0.2, 0.25) is 11.8 Å². The molecule has 1 N–H and O–H groups in total. The molecule has 2 fully saturated rings. The molecule has 2 atom stereocenters. The van der Waals surface area contributed by atoms with Gasteiger partial charge in [-0.25, -0.2) is 19.6 Å². The lowest BCUT2D eigenvalue weighted by Crippen LogP contribution is -2.59. The summed E-state index contributed by atoms with van der Waals surface area (Å²) in [5.41, 5.74) is 3.34. The molecule has 0 unspecified atom stereocenters. The highest BCUT2D eigenvalue weighted by Crippen LogP contribution is 2.38. The van der Waals surface area contributed by atoms with Gasteiger partial charge in [-0.3, -0.25) is 14.5 Å². The number of aromatic amines is 1. The van der Waals surface area contributed by atoms with Crippen molar-refractivity contribution in [1.29, 1.82) is 0 Å². The third kappa shape index (κ3) is 6.04. The average molecular weight is 623 g/mol. The van der Waals surface area contributed by atoms with Gasteiger partial charge in [-0.1, -0.05) is 36.5 Å². The number of fused-ring (bicyclic) bond motifs is 1. The molecule has 1 amide bonds. The van der Waals surface area contributed by atoms with Gasteiger partial charge < -0.3 is 19.1 Å². The van der Waals surface area contributed by atoms with Crippen LogP contribution in [0, 0.1) is 11.8 Å². The number of anilines is 1. The second-order valence-corrected chi connectivity index (χ2v) is 13.1. The van der Waals surface area contributed by atoms with E-state index < -0.39 is 5.76 Å². The van der Waals surface area contributed by atoms with Crippen molar-refractivity contribution in [1.82, 2.24) is 34.6 Å². The summed E-state index contributed by atoms with van der Waals surface area (Å²) in [4.78, 5) is 46.0. The Labute approximate surface area is 260 Å². The minimum atomic E-state index is -0.665. The van der Waals surface area contributed by atoms with E-state index >= 15 is 0 Å². The van der Waals surface area contributed by atoms with E-state index in [2.05, 4.69) is 45.4 Å². The molecule has 5 heterocycles. The molecule has 6 rings (SSSR count). The van der Waals surface area contributed by atoms with Crippen molar-refractivity contribution in [2.75, 3.05) is 18.0 Å². The molecule has 0 bridgehead atoms. The van der Waals surface area contributed by atoms with Gasteiger partial charge in [-0.2, -0.15) is 0 Å². The summed E-state index contributed by atoms with van der Waals surface area (Å²) in [6.45, 7) is 12.1. The number of pyridine rings is 2. The second kappa shape index (κ2) is 12.2. The van der Waals surface area contributed by atoms with Crippen molar-refractivity contribution in [2.24, 2.45) is 11.8 Å². The minimum Gasteiger partial charge on any atom is -0.447 e. The highest BCUT2D eigenvalue weighted by molar-refractivity contribution is 6.30. The molecule has 1 saturated heterocycles. The Morgan fingerprint density at radius 2 is 1.82 bits per heavy atom. The summed E-state index contributed by atoms with van der Waals surface area (Å²) in [7, 11) is 0. The van der Waals surface area contributed by atoms with E-state index in [4.69, 9.17) is 30.8 Å². The van der Waals surface area contributed by atoms with Crippen molar-refractivity contribution in [3.05, 3.63) is 40.1 Å². The van der Waals surface area contributed by atoms with Gasteiger partial charge in [0.15, 0.2) is 0 Å². The molecule has 12 nitrogen and oxygen atoms in total. The van der Waals surface area contributed by atoms with Crippen molar-refractivity contribution < 1.29 is 14.1 Å². The molecule has 1 saturated carbocycles. The molecule has 0 spiro atoms. The van der Waals surface area contributed by atoms with Crippen LogP contribution in [-0.4, -0.2) is 71.9 Å². The maximum Gasteiger partial charge on any atom is 0.439 e. The number of piperazine rings is 1. The molecular weight excluding hydrogens is 584 g/mol. The quantitative estimate of drug-likeness (QED) is 0.285. The first-order valence-electron chi connectivity index (χ1n) is 15.4. The van der Waals surface area contributed by atoms with E-state index in [0.717, 1.165) is 42.3 Å². The topological polar surface area (TPSA) is 135 Å². The zero-order valence-electron chi connectivity index (χ0n) is 25.8. The number of H-pyrrole nitrogens is 1. The first-order valence-corrected chi connectivity index (χ1v) is 15.8. The summed E-state index contributed by atoms with van der Waals surface area (Å²) in [5, 5.41) is 4.38. The zero-order valence-corrected chi connectivity index (χ0v) is 26.5. The molecule has 2 aliphatic rings. The molecule has 0 aromatic carbocycles. The van der Waals surface area contributed by atoms with Crippen LogP contribution in [0.3, 0.4) is 0 Å². The van der Waals surface area contributed by atoms with Gasteiger partial charge >= 0.3 is 11.8 Å². The van der Waals surface area contributed by atoms with Gasteiger partial charge in [-0.05, 0) is 64.5 Å². The first kappa shape index (κ1) is 30.1. The number of halogens is 1. The first-order chi connectivity index (χ1) is 21.1. The van der Waals surface area contributed by atoms with Crippen LogP contribution in [0.15, 0.2) is 33.8 Å². The predicted molar refractivity (Wildman–Crippen MR) is 168 cm³/mol. The van der Waals surface area contributed by atoms with Crippen LogP contribution >= 0.6 is 11.6 Å². The Balaban J connectivity index is 1.51. The maximum atomic E-state index is 12.8. The highest BCUT2D eigenvalue weighted by Gasteiger charge is 2.37. The van der Waals surface area contributed by atoms with Crippen molar-refractivity contribution in [3.63, 3.8) is 0 Å². The summed E-state index contributed by atoms with van der Waals surface area (Å²) in [6.07, 6.45) is 7.50. The van der Waals surface area contributed by atoms with Gasteiger partial charge in [0, 0.05) is 49.7 Å². The van der Waals surface area contributed by atoms with Crippen LogP contribution in [0.25, 0.3) is 33.8 Å². The van der Waals surface area contributed by atoms with Crippen molar-refractivity contribution in [3.8, 4) is 22.8 Å². The Bertz CT molecular complexity index is 1690.